The Kier molecular flexibility index (Phi) is 3.47. The Balaban J connectivity index is 3.87. The van der Waals surface area contributed by atoms with Crippen LogP contribution < -0.4 is 5.14 Å². The topological polar surface area (TPSA) is 137 Å². The number of benzene rings is 1. The summed E-state index contributed by atoms with van der Waals surface area (Å²) in [6.45, 7) is 1.13. The molecule has 2 N–H and O–H groups in total. The Hall–Kier alpha value is -1.52. The zero-order valence-corrected chi connectivity index (χ0v) is 11.1. The molecule has 0 spiro atoms. The van der Waals surface area contributed by atoms with E-state index in [9.17, 15) is 26.9 Å². The predicted octanol–water partition coefficient (Wildman–Crippen LogP) is -0.0459. The van der Waals surface area contributed by atoms with Crippen molar-refractivity contribution in [3.8, 4) is 0 Å². The minimum Gasteiger partial charge on any atom is -0.258 e. The van der Waals surface area contributed by atoms with Crippen LogP contribution in [-0.2, 0) is 19.9 Å². The van der Waals surface area contributed by atoms with Crippen LogP contribution in [0.3, 0.4) is 0 Å². The van der Waals surface area contributed by atoms with Gasteiger partial charge in [-0.2, -0.15) is 0 Å². The van der Waals surface area contributed by atoms with E-state index >= 15 is 0 Å². The second-order valence-corrected chi connectivity index (χ2v) is 7.12. The van der Waals surface area contributed by atoms with E-state index < -0.39 is 40.3 Å². The molecule has 0 radical (unpaired) electrons. The van der Waals surface area contributed by atoms with Gasteiger partial charge in [0, 0.05) is 11.8 Å². The highest BCUT2D eigenvalue weighted by atomic mass is 32.2. The van der Waals surface area contributed by atoms with E-state index in [-0.39, 0.29) is 5.56 Å². The van der Waals surface area contributed by atoms with Gasteiger partial charge in [0.1, 0.15) is 4.90 Å². The summed E-state index contributed by atoms with van der Waals surface area (Å²) in [6, 6.07) is 1.80. The van der Waals surface area contributed by atoms with Crippen molar-refractivity contribution in [3.63, 3.8) is 0 Å². The fraction of sp³-hybridized carbons (Fsp3) is 0.250. The summed E-state index contributed by atoms with van der Waals surface area (Å²) >= 11 is 0. The van der Waals surface area contributed by atoms with E-state index in [1.807, 2.05) is 0 Å². The highest BCUT2D eigenvalue weighted by molar-refractivity contribution is 7.91. The molecule has 0 bridgehead atoms. The normalized spacial score (nSPS) is 12.4. The van der Waals surface area contributed by atoms with Gasteiger partial charge >= 0.3 is 0 Å². The van der Waals surface area contributed by atoms with E-state index in [0.717, 1.165) is 25.3 Å². The van der Waals surface area contributed by atoms with Crippen LogP contribution in [0.5, 0.6) is 0 Å². The second kappa shape index (κ2) is 4.30. The molecule has 1 aromatic rings. The average Bonchev–Trinajstić information content (AvgIpc) is 2.12. The van der Waals surface area contributed by atoms with Gasteiger partial charge in [-0.25, -0.2) is 22.0 Å². The Bertz CT molecular complexity index is 720. The highest BCUT2D eigenvalue weighted by Crippen LogP contribution is 2.31. The Morgan fingerprint density at radius 2 is 1.61 bits per heavy atom. The Morgan fingerprint density at radius 1 is 1.17 bits per heavy atom. The number of nitro benzene ring substituents is 1. The number of hydrogen-bond acceptors (Lipinski definition) is 6. The number of nitrogens with two attached hydrogens (primary N) is 1. The van der Waals surface area contributed by atoms with Crippen molar-refractivity contribution in [3.05, 3.63) is 27.8 Å². The maximum absolute atomic E-state index is 11.4. The molecule has 8 nitrogen and oxygen atoms in total. The fourth-order valence-electron chi connectivity index (χ4n) is 1.49. The second-order valence-electron chi connectivity index (χ2n) is 3.61. The van der Waals surface area contributed by atoms with Crippen LogP contribution in [0.2, 0.25) is 0 Å². The summed E-state index contributed by atoms with van der Waals surface area (Å²) in [4.78, 5) is 8.92. The van der Waals surface area contributed by atoms with Gasteiger partial charge in [0.05, 0.1) is 9.82 Å². The SMILES string of the molecule is Cc1c(S(N)(=O)=O)ccc(S(C)(=O)=O)c1[N+](=O)[O-]. The van der Waals surface area contributed by atoms with Crippen LogP contribution in [0.15, 0.2) is 21.9 Å². The first kappa shape index (κ1) is 14.5. The standard InChI is InChI=1S/C8H10N2O6S2/c1-5-6(18(9,15)16)3-4-7(17(2,13)14)8(5)10(11)12/h3-4H,1-2H3,(H2,9,15,16). The molecule has 0 amide bonds. The van der Waals surface area contributed by atoms with Crippen LogP contribution >= 0.6 is 0 Å². The molecule has 18 heavy (non-hydrogen) atoms. The lowest BCUT2D eigenvalue weighted by atomic mass is 10.2. The maximum Gasteiger partial charge on any atom is 0.292 e. The number of sulfonamides is 1. The fourth-order valence-corrected chi connectivity index (χ4v) is 3.17. The molecule has 0 saturated heterocycles. The van der Waals surface area contributed by atoms with E-state index in [1.165, 1.54) is 0 Å². The molecule has 1 aromatic carbocycles. The van der Waals surface area contributed by atoms with Crippen LogP contribution in [0.4, 0.5) is 5.69 Å². The quantitative estimate of drug-likeness (QED) is 0.613. The molecule has 0 unspecified atom stereocenters. The van der Waals surface area contributed by atoms with Crippen molar-refractivity contribution in [2.45, 2.75) is 16.7 Å². The van der Waals surface area contributed by atoms with Gasteiger partial charge in [0.2, 0.25) is 10.0 Å². The summed E-state index contributed by atoms with van der Waals surface area (Å²) < 4.78 is 45.2. The number of nitrogens with zero attached hydrogens (tertiary/aromatic N) is 1. The molecule has 0 fully saturated rings. The van der Waals surface area contributed by atoms with E-state index in [1.54, 1.807) is 0 Å². The van der Waals surface area contributed by atoms with Gasteiger partial charge in [0.25, 0.3) is 5.69 Å². The van der Waals surface area contributed by atoms with Gasteiger partial charge in [-0.05, 0) is 19.1 Å². The van der Waals surface area contributed by atoms with Crippen molar-refractivity contribution in [1.29, 1.82) is 0 Å². The monoisotopic (exact) mass is 294 g/mol. The van der Waals surface area contributed by atoms with Gasteiger partial charge < -0.3 is 0 Å². The largest absolute Gasteiger partial charge is 0.292 e. The minimum absolute atomic E-state index is 0.301. The number of nitro groups is 1. The molecule has 0 aliphatic heterocycles. The molecule has 0 aliphatic carbocycles. The number of primary sulfonamides is 1. The molecule has 0 aliphatic rings. The summed E-state index contributed by atoms with van der Waals surface area (Å²) in [5.74, 6) is 0. The van der Waals surface area contributed by atoms with E-state index in [2.05, 4.69) is 0 Å². The summed E-state index contributed by atoms with van der Waals surface area (Å²) in [6.07, 6.45) is 0.797. The molecule has 100 valence electrons. The predicted molar refractivity (Wildman–Crippen MR) is 62.3 cm³/mol. The first-order valence-electron chi connectivity index (χ1n) is 4.47. The molecular formula is C8H10N2O6S2. The van der Waals surface area contributed by atoms with Crippen molar-refractivity contribution < 1.29 is 21.8 Å². The van der Waals surface area contributed by atoms with Gasteiger partial charge in [-0.3, -0.25) is 10.1 Å². The van der Waals surface area contributed by atoms with Crippen molar-refractivity contribution >= 4 is 25.5 Å². The maximum atomic E-state index is 11.4. The lowest BCUT2D eigenvalue weighted by Crippen LogP contribution is -2.15. The molecule has 0 atom stereocenters. The molecule has 0 saturated carbocycles. The summed E-state index contributed by atoms with van der Waals surface area (Å²) in [5.41, 5.74) is -1.07. The Morgan fingerprint density at radius 3 is 1.94 bits per heavy atom. The van der Waals surface area contributed by atoms with Crippen molar-refractivity contribution in [2.24, 2.45) is 5.14 Å². The van der Waals surface area contributed by atoms with Crippen LogP contribution in [0.1, 0.15) is 5.56 Å². The Labute approximate surface area is 104 Å². The van der Waals surface area contributed by atoms with Crippen molar-refractivity contribution in [1.82, 2.24) is 0 Å². The van der Waals surface area contributed by atoms with E-state index in [0.29, 0.717) is 0 Å². The third kappa shape index (κ3) is 2.66. The smallest absolute Gasteiger partial charge is 0.258 e. The molecular weight excluding hydrogens is 284 g/mol. The lowest BCUT2D eigenvalue weighted by molar-refractivity contribution is -0.388. The highest BCUT2D eigenvalue weighted by Gasteiger charge is 2.29. The third-order valence-corrected chi connectivity index (χ3v) is 4.42. The number of rotatable bonds is 3. The molecule has 1 rings (SSSR count). The number of sulfone groups is 1. The molecule has 10 heteroatoms. The van der Waals surface area contributed by atoms with E-state index in [4.69, 9.17) is 5.14 Å². The first-order valence-corrected chi connectivity index (χ1v) is 7.91. The zero-order valence-electron chi connectivity index (χ0n) is 9.45. The summed E-state index contributed by atoms with van der Waals surface area (Å²) in [5, 5.41) is 15.8. The zero-order chi connectivity index (χ0) is 14.3. The molecule has 0 aromatic heterocycles. The van der Waals surface area contributed by atoms with Crippen LogP contribution in [-0.4, -0.2) is 28.0 Å². The first-order chi connectivity index (χ1) is 7.96. The van der Waals surface area contributed by atoms with Crippen LogP contribution in [0, 0.1) is 17.0 Å². The lowest BCUT2D eigenvalue weighted by Gasteiger charge is -2.07. The van der Waals surface area contributed by atoms with Gasteiger partial charge in [-0.1, -0.05) is 0 Å². The third-order valence-electron chi connectivity index (χ3n) is 2.23. The van der Waals surface area contributed by atoms with Gasteiger partial charge in [-0.15, -0.1) is 0 Å². The number of hydrogen-bond donors (Lipinski definition) is 1. The van der Waals surface area contributed by atoms with Crippen LogP contribution in [0.25, 0.3) is 0 Å². The molecule has 0 heterocycles. The average molecular weight is 294 g/mol. The minimum atomic E-state index is -4.15. The van der Waals surface area contributed by atoms with Gasteiger partial charge in [0.15, 0.2) is 9.84 Å². The van der Waals surface area contributed by atoms with Crippen molar-refractivity contribution in [2.75, 3.05) is 6.26 Å². The summed E-state index contributed by atoms with van der Waals surface area (Å²) in [7, 11) is -7.99.